The van der Waals surface area contributed by atoms with Crippen molar-refractivity contribution in [1.29, 1.82) is 0 Å². The monoisotopic (exact) mass is 275 g/mol. The molecule has 0 aliphatic rings. The first kappa shape index (κ1) is 20.7. The third-order valence-electron chi connectivity index (χ3n) is 1.94. The van der Waals surface area contributed by atoms with Crippen molar-refractivity contribution in [2.24, 2.45) is 0 Å². The molecule has 0 heterocycles. The summed E-state index contributed by atoms with van der Waals surface area (Å²) < 4.78 is 15.7. The van der Waals surface area contributed by atoms with E-state index in [-0.39, 0.29) is 15.9 Å². The molecule has 0 aromatic heterocycles. The van der Waals surface area contributed by atoms with Gasteiger partial charge in [0.25, 0.3) is 0 Å². The van der Waals surface area contributed by atoms with Gasteiger partial charge in [0.1, 0.15) is 0 Å². The van der Waals surface area contributed by atoms with Gasteiger partial charge in [-0.05, 0) is 40.5 Å². The Kier molecular flexibility index (Phi) is 20.0. The summed E-state index contributed by atoms with van der Waals surface area (Å²) in [6, 6.07) is 0. The summed E-state index contributed by atoms with van der Waals surface area (Å²) in [6.07, 6.45) is 5.52. The number of hydrogen-bond donors (Lipinski definition) is 0. The Hall–Kier alpha value is 0.412. The molecule has 0 aromatic rings. The zero-order valence-corrected chi connectivity index (χ0v) is 14.4. The van der Waals surface area contributed by atoms with Gasteiger partial charge in [0, 0.05) is 25.4 Å². The molecule has 0 N–H and O–H groups in total. The van der Waals surface area contributed by atoms with Crippen LogP contribution in [-0.4, -0.2) is 41.3 Å². The molecule has 1 radical (unpaired) electrons. The molecule has 0 aliphatic carbocycles. The van der Waals surface area contributed by atoms with Gasteiger partial charge in [0.2, 0.25) is 0 Å². The summed E-state index contributed by atoms with van der Waals surface area (Å²) in [4.78, 5) is 0. The second kappa shape index (κ2) is 17.4. The average Bonchev–Trinajstić information content (AvgIpc) is 2.29. The first-order chi connectivity index (χ1) is 8.54. The lowest BCUT2D eigenvalue weighted by molar-refractivity contribution is 0.128. The Balaban J connectivity index is 0. The van der Waals surface area contributed by atoms with E-state index in [1.54, 1.807) is 0 Å². The minimum absolute atomic E-state index is 0.245. The Bertz CT molecular complexity index is 127. The van der Waals surface area contributed by atoms with Crippen LogP contribution in [-0.2, 0) is 12.3 Å². The minimum atomic E-state index is -0.245. The lowest BCUT2D eigenvalue weighted by Gasteiger charge is -2.09. The molecule has 0 rings (SSSR count). The average molecular weight is 275 g/mol. The largest absolute Gasteiger partial charge is 0.668 e. The van der Waals surface area contributed by atoms with Gasteiger partial charge < -0.3 is 12.3 Å². The molecule has 0 amide bonds. The fourth-order valence-electron chi connectivity index (χ4n) is 0.849. The van der Waals surface area contributed by atoms with Gasteiger partial charge in [-0.25, -0.2) is 0 Å². The van der Waals surface area contributed by atoms with Gasteiger partial charge in [-0.2, -0.15) is 0 Å². The van der Waals surface area contributed by atoms with Gasteiger partial charge in [-0.3, -0.25) is 0 Å². The molecular weight excluding hydrogens is 243 g/mol. The highest BCUT2D eigenvalue weighted by molar-refractivity contribution is 6.18. The van der Waals surface area contributed by atoms with E-state index < -0.39 is 0 Å². The second-order valence-corrected chi connectivity index (χ2v) is 5.52. The SMILES string of the molecule is CC(C)[O][Al][O]C(C)C.CCCCOCCCC. The molecule has 109 valence electrons. The van der Waals surface area contributed by atoms with E-state index in [4.69, 9.17) is 12.3 Å². The summed E-state index contributed by atoms with van der Waals surface area (Å²) in [5.41, 5.74) is 0. The molecule has 0 saturated carbocycles. The second-order valence-electron chi connectivity index (χ2n) is 4.79. The van der Waals surface area contributed by atoms with Crippen LogP contribution in [0.2, 0.25) is 0 Å². The summed E-state index contributed by atoms with van der Waals surface area (Å²) in [6.45, 7) is 14.3. The van der Waals surface area contributed by atoms with Gasteiger partial charge in [0.15, 0.2) is 0 Å². The van der Waals surface area contributed by atoms with E-state index >= 15 is 0 Å². The Morgan fingerprint density at radius 3 is 1.44 bits per heavy atom. The molecule has 0 saturated heterocycles. The predicted molar refractivity (Wildman–Crippen MR) is 78.8 cm³/mol. The van der Waals surface area contributed by atoms with Gasteiger partial charge in [0.05, 0.1) is 0 Å². The molecule has 0 spiro atoms. The zero-order valence-electron chi connectivity index (χ0n) is 13.2. The molecule has 0 bridgehead atoms. The summed E-state index contributed by atoms with van der Waals surface area (Å²) in [5.74, 6) is 0. The highest BCUT2D eigenvalue weighted by atomic mass is 27.2. The molecule has 0 fully saturated rings. The van der Waals surface area contributed by atoms with Crippen LogP contribution in [0.1, 0.15) is 67.2 Å². The van der Waals surface area contributed by atoms with Crippen LogP contribution in [0, 0.1) is 0 Å². The van der Waals surface area contributed by atoms with Crippen molar-refractivity contribution >= 4 is 15.9 Å². The lowest BCUT2D eigenvalue weighted by atomic mass is 10.3. The first-order valence-electron chi connectivity index (χ1n) is 7.24. The molecule has 18 heavy (non-hydrogen) atoms. The topological polar surface area (TPSA) is 27.7 Å². The van der Waals surface area contributed by atoms with E-state index in [1.807, 2.05) is 27.7 Å². The van der Waals surface area contributed by atoms with E-state index in [0.717, 1.165) is 13.2 Å². The number of ether oxygens (including phenoxy) is 1. The maximum absolute atomic E-state index is 5.31. The van der Waals surface area contributed by atoms with E-state index in [1.165, 1.54) is 25.7 Å². The summed E-state index contributed by atoms with van der Waals surface area (Å²) in [5, 5.41) is 0. The third kappa shape index (κ3) is 25.3. The van der Waals surface area contributed by atoms with Crippen LogP contribution in [0.4, 0.5) is 0 Å². The maximum Gasteiger partial charge on any atom is 0.668 e. The van der Waals surface area contributed by atoms with Crippen molar-refractivity contribution in [1.82, 2.24) is 0 Å². The molecule has 3 nitrogen and oxygen atoms in total. The third-order valence-corrected chi connectivity index (χ3v) is 3.25. The summed E-state index contributed by atoms with van der Waals surface area (Å²) in [7, 11) is 0. The molecule has 0 atom stereocenters. The first-order valence-corrected chi connectivity index (χ1v) is 8.19. The molecule has 0 aliphatic heterocycles. The van der Waals surface area contributed by atoms with Gasteiger partial charge >= 0.3 is 15.9 Å². The zero-order chi connectivity index (χ0) is 14.2. The highest BCUT2D eigenvalue weighted by Crippen LogP contribution is 1.91. The van der Waals surface area contributed by atoms with Gasteiger partial charge in [-0.1, -0.05) is 26.7 Å². The van der Waals surface area contributed by atoms with Crippen LogP contribution in [0.25, 0.3) is 0 Å². The van der Waals surface area contributed by atoms with Crippen LogP contribution < -0.4 is 0 Å². The van der Waals surface area contributed by atoms with E-state index in [0.29, 0.717) is 12.2 Å². The fourth-order valence-corrected chi connectivity index (χ4v) is 1.36. The van der Waals surface area contributed by atoms with Crippen molar-refractivity contribution < 1.29 is 12.3 Å². The Morgan fingerprint density at radius 2 is 1.17 bits per heavy atom. The van der Waals surface area contributed by atoms with E-state index in [2.05, 4.69) is 13.8 Å². The highest BCUT2D eigenvalue weighted by Gasteiger charge is 2.01. The number of unbranched alkanes of at least 4 members (excludes halogenated alkanes) is 2. The Labute approximate surface area is 121 Å². The van der Waals surface area contributed by atoms with Crippen molar-refractivity contribution in [2.75, 3.05) is 13.2 Å². The van der Waals surface area contributed by atoms with Crippen molar-refractivity contribution in [3.8, 4) is 0 Å². The van der Waals surface area contributed by atoms with E-state index in [9.17, 15) is 0 Å². The van der Waals surface area contributed by atoms with Crippen LogP contribution in [0.15, 0.2) is 0 Å². The van der Waals surface area contributed by atoms with Crippen molar-refractivity contribution in [2.45, 2.75) is 79.4 Å². The van der Waals surface area contributed by atoms with Gasteiger partial charge in [-0.15, -0.1) is 0 Å². The number of rotatable bonds is 10. The van der Waals surface area contributed by atoms with Crippen molar-refractivity contribution in [3.63, 3.8) is 0 Å². The minimum Gasteiger partial charge on any atom is -0.482 e. The maximum atomic E-state index is 5.31. The van der Waals surface area contributed by atoms with Crippen LogP contribution in [0.5, 0.6) is 0 Å². The molecule has 4 heteroatoms. The predicted octanol–water partition coefficient (Wildman–Crippen LogP) is 3.97. The fraction of sp³-hybridized carbons (Fsp3) is 1.00. The lowest BCUT2D eigenvalue weighted by Crippen LogP contribution is -2.14. The standard InChI is InChI=1S/C8H18O.2C3H7O.Al/c1-3-5-7-9-8-6-4-2;2*1-3(2)4;/h3-8H2,1-2H3;2*3H,1-2H3;/q;2*-1;+2. The molecule has 0 unspecified atom stereocenters. The van der Waals surface area contributed by atoms with Crippen molar-refractivity contribution in [3.05, 3.63) is 0 Å². The number of hydrogen-bond acceptors (Lipinski definition) is 3. The molecular formula is C14H32AlO3. The smallest absolute Gasteiger partial charge is 0.482 e. The summed E-state index contributed by atoms with van der Waals surface area (Å²) >= 11 is -0.245. The van der Waals surface area contributed by atoms with Crippen LogP contribution in [0.3, 0.4) is 0 Å². The Morgan fingerprint density at radius 1 is 0.778 bits per heavy atom. The normalized spacial score (nSPS) is 10.4. The quantitative estimate of drug-likeness (QED) is 0.446. The molecule has 0 aromatic carbocycles. The van der Waals surface area contributed by atoms with Crippen LogP contribution >= 0.6 is 0 Å².